The summed E-state index contributed by atoms with van der Waals surface area (Å²) in [6.45, 7) is 1.92. The predicted octanol–water partition coefficient (Wildman–Crippen LogP) is 2.04. The zero-order valence-corrected chi connectivity index (χ0v) is 12.3. The van der Waals surface area contributed by atoms with E-state index in [1.165, 1.54) is 18.2 Å². The molecule has 0 fully saturated rings. The van der Waals surface area contributed by atoms with Crippen molar-refractivity contribution >= 4 is 0 Å². The fourth-order valence-corrected chi connectivity index (χ4v) is 2.46. The number of nitrogens with two attached hydrogens (primary N) is 1. The Morgan fingerprint density at radius 2 is 1.45 bits per heavy atom. The highest BCUT2D eigenvalue weighted by atomic mass is 16.3. The van der Waals surface area contributed by atoms with E-state index >= 15 is 0 Å². The van der Waals surface area contributed by atoms with E-state index in [1.54, 1.807) is 12.1 Å². The molecule has 5 heteroatoms. The maximum Gasteiger partial charge on any atom is 0.119 e. The molecule has 0 radical (unpaired) electrons. The Balaban J connectivity index is 2.08. The maximum atomic E-state index is 10.3. The molecule has 0 heterocycles. The van der Waals surface area contributed by atoms with Crippen LogP contribution >= 0.6 is 0 Å². The molecule has 0 saturated heterocycles. The molecule has 5 nitrogen and oxygen atoms in total. The third kappa shape index (κ3) is 3.90. The summed E-state index contributed by atoms with van der Waals surface area (Å²) in [5.41, 5.74) is 7.49. The molecule has 6 N–H and O–H groups in total. The zero-order valence-electron chi connectivity index (χ0n) is 12.3. The van der Waals surface area contributed by atoms with Crippen molar-refractivity contribution in [3.05, 3.63) is 53.6 Å². The highest BCUT2D eigenvalue weighted by molar-refractivity contribution is 5.38. The lowest BCUT2D eigenvalue weighted by atomic mass is 9.88. The summed E-state index contributed by atoms with van der Waals surface area (Å²) < 4.78 is 0. The normalized spacial score (nSPS) is 15.2. The quantitative estimate of drug-likeness (QED) is 0.581. The largest absolute Gasteiger partial charge is 0.508 e. The van der Waals surface area contributed by atoms with E-state index in [1.807, 2.05) is 19.1 Å². The molecule has 118 valence electrons. The third-order valence-corrected chi connectivity index (χ3v) is 3.78. The van der Waals surface area contributed by atoms with Crippen molar-refractivity contribution in [2.24, 2.45) is 11.7 Å². The van der Waals surface area contributed by atoms with Crippen LogP contribution in [0.2, 0.25) is 0 Å². The fraction of sp³-hybridized carbons (Fsp3) is 0.294. The average molecular weight is 303 g/mol. The minimum Gasteiger partial charge on any atom is -0.508 e. The Labute approximate surface area is 129 Å². The van der Waals surface area contributed by atoms with Gasteiger partial charge in [-0.25, -0.2) is 0 Å². The van der Waals surface area contributed by atoms with E-state index < -0.39 is 12.1 Å². The first-order valence-electron chi connectivity index (χ1n) is 7.11. The number of aliphatic hydroxyl groups is 1. The van der Waals surface area contributed by atoms with Gasteiger partial charge in [-0.05, 0) is 47.7 Å². The molecular weight excluding hydrogens is 282 g/mol. The van der Waals surface area contributed by atoms with Gasteiger partial charge in [0.2, 0.25) is 0 Å². The Hall–Kier alpha value is -2.24. The van der Waals surface area contributed by atoms with Gasteiger partial charge < -0.3 is 26.2 Å². The van der Waals surface area contributed by atoms with Gasteiger partial charge in [0.25, 0.3) is 0 Å². The average Bonchev–Trinajstić information content (AvgIpc) is 2.47. The summed E-state index contributed by atoms with van der Waals surface area (Å²) in [5.74, 6) is -0.0696. The molecule has 0 aliphatic rings. The second-order valence-electron chi connectivity index (χ2n) is 5.65. The number of benzene rings is 2. The van der Waals surface area contributed by atoms with Crippen LogP contribution in [0.1, 0.15) is 24.2 Å². The van der Waals surface area contributed by atoms with E-state index in [9.17, 15) is 20.4 Å². The topological polar surface area (TPSA) is 107 Å². The molecule has 0 aliphatic carbocycles. The molecular formula is C17H21NO4. The summed E-state index contributed by atoms with van der Waals surface area (Å²) in [5, 5.41) is 38.6. The first-order chi connectivity index (χ1) is 10.4. The summed E-state index contributed by atoms with van der Waals surface area (Å²) in [6.07, 6.45) is -0.353. The number of hydrogen-bond acceptors (Lipinski definition) is 5. The van der Waals surface area contributed by atoms with Crippen LogP contribution in [0.5, 0.6) is 17.2 Å². The number of rotatable bonds is 5. The summed E-state index contributed by atoms with van der Waals surface area (Å²) in [7, 11) is 0. The van der Waals surface area contributed by atoms with Crippen LogP contribution in [0.3, 0.4) is 0 Å². The number of phenols is 3. The van der Waals surface area contributed by atoms with Gasteiger partial charge in [-0.1, -0.05) is 19.1 Å². The van der Waals surface area contributed by atoms with Crippen molar-refractivity contribution < 1.29 is 20.4 Å². The van der Waals surface area contributed by atoms with Gasteiger partial charge in [0, 0.05) is 12.1 Å². The van der Waals surface area contributed by atoms with Crippen LogP contribution in [-0.2, 0) is 6.42 Å². The lowest BCUT2D eigenvalue weighted by Gasteiger charge is -2.25. The minimum atomic E-state index is -0.995. The van der Waals surface area contributed by atoms with Gasteiger partial charge in [0.15, 0.2) is 0 Å². The number of phenolic OH excluding ortho intramolecular Hbond substituents is 3. The van der Waals surface area contributed by atoms with Crippen molar-refractivity contribution in [3.63, 3.8) is 0 Å². The van der Waals surface area contributed by atoms with E-state index in [-0.39, 0.29) is 23.2 Å². The number of hydrogen-bond donors (Lipinski definition) is 5. The molecule has 3 atom stereocenters. The maximum absolute atomic E-state index is 10.3. The first-order valence-corrected chi connectivity index (χ1v) is 7.11. The summed E-state index contributed by atoms with van der Waals surface area (Å²) in [4.78, 5) is 0. The summed E-state index contributed by atoms with van der Waals surface area (Å²) in [6, 6.07) is 10.2. The monoisotopic (exact) mass is 303 g/mol. The zero-order chi connectivity index (χ0) is 16.3. The molecule has 2 rings (SSSR count). The van der Waals surface area contributed by atoms with Crippen LogP contribution in [-0.4, -0.2) is 26.5 Å². The van der Waals surface area contributed by atoms with E-state index in [0.29, 0.717) is 12.0 Å². The molecule has 2 aromatic rings. The van der Waals surface area contributed by atoms with E-state index in [4.69, 9.17) is 5.73 Å². The molecule has 0 saturated carbocycles. The second-order valence-corrected chi connectivity index (χ2v) is 5.65. The highest BCUT2D eigenvalue weighted by Crippen LogP contribution is 2.29. The highest BCUT2D eigenvalue weighted by Gasteiger charge is 2.24. The minimum absolute atomic E-state index is 0.0379. The van der Waals surface area contributed by atoms with Gasteiger partial charge in [-0.2, -0.15) is 0 Å². The number of aromatic hydroxyl groups is 3. The standard InChI is InChI=1S/C17H21NO4/c1-10(6-11-2-4-13(19)5-3-11)16(18)17(22)12-7-14(20)9-15(21)8-12/h2-5,7-10,16-17,19-22H,6,18H2,1H3. The van der Waals surface area contributed by atoms with Gasteiger partial charge >= 0.3 is 0 Å². The van der Waals surface area contributed by atoms with E-state index in [2.05, 4.69) is 0 Å². The molecule has 0 amide bonds. The first kappa shape index (κ1) is 16.1. The van der Waals surface area contributed by atoms with Crippen LogP contribution < -0.4 is 5.73 Å². The molecule has 22 heavy (non-hydrogen) atoms. The SMILES string of the molecule is CC(Cc1ccc(O)cc1)C(N)C(O)c1cc(O)cc(O)c1. The Morgan fingerprint density at radius 1 is 0.909 bits per heavy atom. The lowest BCUT2D eigenvalue weighted by molar-refractivity contribution is 0.121. The van der Waals surface area contributed by atoms with Crippen molar-refractivity contribution in [2.45, 2.75) is 25.5 Å². The Kier molecular flexibility index (Phi) is 4.90. The van der Waals surface area contributed by atoms with Crippen molar-refractivity contribution in [1.29, 1.82) is 0 Å². The number of aliphatic hydroxyl groups excluding tert-OH is 1. The molecule has 0 bridgehead atoms. The lowest BCUT2D eigenvalue weighted by Crippen LogP contribution is -2.36. The van der Waals surface area contributed by atoms with Crippen molar-refractivity contribution in [1.82, 2.24) is 0 Å². The molecule has 2 aromatic carbocycles. The Morgan fingerprint density at radius 3 is 2.00 bits per heavy atom. The smallest absolute Gasteiger partial charge is 0.119 e. The summed E-state index contributed by atoms with van der Waals surface area (Å²) >= 11 is 0. The third-order valence-electron chi connectivity index (χ3n) is 3.78. The van der Waals surface area contributed by atoms with Crippen LogP contribution in [0.25, 0.3) is 0 Å². The predicted molar refractivity (Wildman–Crippen MR) is 83.7 cm³/mol. The molecule has 0 aromatic heterocycles. The van der Waals surface area contributed by atoms with Crippen LogP contribution in [0.15, 0.2) is 42.5 Å². The van der Waals surface area contributed by atoms with E-state index in [0.717, 1.165) is 5.56 Å². The van der Waals surface area contributed by atoms with Gasteiger partial charge in [-0.3, -0.25) is 0 Å². The van der Waals surface area contributed by atoms with Crippen LogP contribution in [0, 0.1) is 5.92 Å². The van der Waals surface area contributed by atoms with Gasteiger partial charge in [0.05, 0.1) is 6.10 Å². The van der Waals surface area contributed by atoms with Gasteiger partial charge in [-0.15, -0.1) is 0 Å². The Bertz CT molecular complexity index is 607. The second kappa shape index (κ2) is 6.68. The van der Waals surface area contributed by atoms with Crippen molar-refractivity contribution in [2.75, 3.05) is 0 Å². The molecule has 3 unspecified atom stereocenters. The molecule has 0 spiro atoms. The van der Waals surface area contributed by atoms with Crippen molar-refractivity contribution in [3.8, 4) is 17.2 Å². The van der Waals surface area contributed by atoms with Gasteiger partial charge in [0.1, 0.15) is 17.2 Å². The van der Waals surface area contributed by atoms with Crippen LogP contribution in [0.4, 0.5) is 0 Å². The fourth-order valence-electron chi connectivity index (χ4n) is 2.46. The molecule has 0 aliphatic heterocycles.